The van der Waals surface area contributed by atoms with Gasteiger partial charge in [0.1, 0.15) is 40.5 Å². The molecule has 0 aliphatic carbocycles. The van der Waals surface area contributed by atoms with Crippen molar-refractivity contribution in [3.63, 3.8) is 0 Å². The molecule has 0 radical (unpaired) electrons. The third-order valence-corrected chi connectivity index (χ3v) is 4.36. The molecule has 1 atom stereocenters. The lowest BCUT2D eigenvalue weighted by Gasteiger charge is -2.14. The van der Waals surface area contributed by atoms with E-state index >= 15 is 0 Å². The SMILES string of the molecule is Nc1ncnc2cnn(-c3cc(F)c(NC(=O)C(O)c4cc(F)cc(F)c4)cc3F)c12. The van der Waals surface area contributed by atoms with Crippen LogP contribution in [0.3, 0.4) is 0 Å². The van der Waals surface area contributed by atoms with Gasteiger partial charge in [-0.1, -0.05) is 0 Å². The highest BCUT2D eigenvalue weighted by Crippen LogP contribution is 2.27. The van der Waals surface area contributed by atoms with Gasteiger partial charge in [-0.15, -0.1) is 0 Å². The van der Waals surface area contributed by atoms with Gasteiger partial charge in [0.2, 0.25) is 0 Å². The second-order valence-electron chi connectivity index (χ2n) is 6.43. The van der Waals surface area contributed by atoms with Gasteiger partial charge in [-0.3, -0.25) is 4.79 Å². The lowest BCUT2D eigenvalue weighted by molar-refractivity contribution is -0.124. The van der Waals surface area contributed by atoms with Gasteiger partial charge in [0, 0.05) is 18.2 Å². The molecule has 0 spiro atoms. The van der Waals surface area contributed by atoms with Gasteiger partial charge < -0.3 is 16.2 Å². The zero-order chi connectivity index (χ0) is 22.3. The first-order valence-corrected chi connectivity index (χ1v) is 8.63. The summed E-state index contributed by atoms with van der Waals surface area (Å²) >= 11 is 0. The molecule has 8 nitrogen and oxygen atoms in total. The predicted molar refractivity (Wildman–Crippen MR) is 101 cm³/mol. The van der Waals surface area contributed by atoms with E-state index in [1.165, 1.54) is 12.5 Å². The van der Waals surface area contributed by atoms with Crippen LogP contribution in [0, 0.1) is 23.3 Å². The zero-order valence-electron chi connectivity index (χ0n) is 15.4. The molecule has 0 fully saturated rings. The van der Waals surface area contributed by atoms with Gasteiger partial charge in [-0.25, -0.2) is 32.2 Å². The highest BCUT2D eigenvalue weighted by Gasteiger charge is 2.22. The number of benzene rings is 2. The Hall–Kier alpha value is -4.06. The molecule has 12 heteroatoms. The largest absolute Gasteiger partial charge is 0.382 e. The number of carbonyl (C=O) groups is 1. The first-order chi connectivity index (χ1) is 14.7. The molecule has 4 rings (SSSR count). The first kappa shape index (κ1) is 20.2. The second-order valence-corrected chi connectivity index (χ2v) is 6.43. The normalized spacial score (nSPS) is 12.2. The predicted octanol–water partition coefficient (Wildman–Crippen LogP) is 2.63. The molecule has 31 heavy (non-hydrogen) atoms. The van der Waals surface area contributed by atoms with Gasteiger partial charge >= 0.3 is 0 Å². The highest BCUT2D eigenvalue weighted by atomic mass is 19.1. The number of hydrogen-bond acceptors (Lipinski definition) is 6. The Bertz CT molecular complexity index is 1310. The average Bonchev–Trinajstić information content (AvgIpc) is 3.14. The second kappa shape index (κ2) is 7.65. The molecule has 1 amide bonds. The zero-order valence-corrected chi connectivity index (χ0v) is 15.4. The van der Waals surface area contributed by atoms with Gasteiger partial charge in [0.05, 0.1) is 11.9 Å². The lowest BCUT2D eigenvalue weighted by Crippen LogP contribution is -2.22. The minimum absolute atomic E-state index is 0.00913. The number of nitrogens with one attached hydrogen (secondary N) is 1. The molecule has 0 saturated heterocycles. The maximum atomic E-state index is 14.7. The van der Waals surface area contributed by atoms with Crippen LogP contribution >= 0.6 is 0 Å². The van der Waals surface area contributed by atoms with Gasteiger partial charge in [0.15, 0.2) is 17.7 Å². The summed E-state index contributed by atoms with van der Waals surface area (Å²) in [4.78, 5) is 19.9. The number of nitrogen functional groups attached to an aromatic ring is 1. The van der Waals surface area contributed by atoms with E-state index in [0.29, 0.717) is 17.6 Å². The van der Waals surface area contributed by atoms with Crippen molar-refractivity contribution in [2.45, 2.75) is 6.10 Å². The van der Waals surface area contributed by atoms with Crippen LogP contribution in [0.1, 0.15) is 11.7 Å². The number of aliphatic hydroxyl groups excluding tert-OH is 1. The Morgan fingerprint density at radius 2 is 1.74 bits per heavy atom. The summed E-state index contributed by atoms with van der Waals surface area (Å²) in [5.41, 5.74) is 4.88. The molecule has 4 aromatic rings. The third-order valence-electron chi connectivity index (χ3n) is 4.36. The summed E-state index contributed by atoms with van der Waals surface area (Å²) in [7, 11) is 0. The Labute approximate surface area is 171 Å². The van der Waals surface area contributed by atoms with E-state index in [9.17, 15) is 27.5 Å². The number of hydrogen-bond donors (Lipinski definition) is 3. The van der Waals surface area contributed by atoms with Crippen molar-refractivity contribution in [2.75, 3.05) is 11.1 Å². The van der Waals surface area contributed by atoms with E-state index in [4.69, 9.17) is 5.73 Å². The van der Waals surface area contributed by atoms with E-state index in [2.05, 4.69) is 15.1 Å². The van der Waals surface area contributed by atoms with Crippen molar-refractivity contribution < 1.29 is 27.5 Å². The quantitative estimate of drug-likeness (QED) is 0.427. The topological polar surface area (TPSA) is 119 Å². The molecule has 2 aromatic carbocycles. The third kappa shape index (κ3) is 3.75. The van der Waals surface area contributed by atoms with Crippen LogP contribution in [-0.2, 0) is 4.79 Å². The van der Waals surface area contributed by atoms with Crippen LogP contribution in [0.25, 0.3) is 16.7 Å². The van der Waals surface area contributed by atoms with Crippen molar-refractivity contribution in [1.82, 2.24) is 19.7 Å². The average molecular weight is 432 g/mol. The number of amides is 1. The molecule has 0 bridgehead atoms. The monoisotopic (exact) mass is 432 g/mol. The standard InChI is InChI=1S/C19H12F4N6O2/c20-9-1-8(2-10(21)3-9)17(30)19(31)28-13-4-12(23)15(5-11(13)22)29-16-14(6-27-29)25-7-26-18(16)24/h1-7,17,30H,(H,28,31)(H2,24,25,26). The van der Waals surface area contributed by atoms with Crippen molar-refractivity contribution >= 4 is 28.4 Å². The summed E-state index contributed by atoms with van der Waals surface area (Å²) in [5.74, 6) is -5.32. The molecule has 1 unspecified atom stereocenters. The number of aromatic nitrogens is 4. The Balaban J connectivity index is 1.65. The van der Waals surface area contributed by atoms with Crippen molar-refractivity contribution in [1.29, 1.82) is 0 Å². The fourth-order valence-corrected chi connectivity index (χ4v) is 2.95. The minimum Gasteiger partial charge on any atom is -0.382 e. The van der Waals surface area contributed by atoms with Crippen LogP contribution in [-0.4, -0.2) is 30.8 Å². The van der Waals surface area contributed by atoms with Gasteiger partial charge in [-0.05, 0) is 17.7 Å². The Morgan fingerprint density at radius 1 is 1.03 bits per heavy atom. The summed E-state index contributed by atoms with van der Waals surface area (Å²) in [6.07, 6.45) is 0.448. The molecule has 0 aliphatic heterocycles. The van der Waals surface area contributed by atoms with Crippen molar-refractivity contribution in [3.05, 3.63) is 71.7 Å². The molecule has 0 aliphatic rings. The number of nitrogens with two attached hydrogens (primary N) is 1. The van der Waals surface area contributed by atoms with Crippen LogP contribution in [0.5, 0.6) is 0 Å². The molecule has 2 heterocycles. The van der Waals surface area contributed by atoms with E-state index < -0.39 is 46.5 Å². The van der Waals surface area contributed by atoms with E-state index in [-0.39, 0.29) is 17.0 Å². The van der Waals surface area contributed by atoms with Gasteiger partial charge in [-0.2, -0.15) is 5.10 Å². The first-order valence-electron chi connectivity index (χ1n) is 8.63. The van der Waals surface area contributed by atoms with E-state index in [1.54, 1.807) is 0 Å². The molecule has 2 aromatic heterocycles. The lowest BCUT2D eigenvalue weighted by atomic mass is 10.1. The number of carbonyl (C=O) groups excluding carboxylic acids is 1. The molecule has 0 saturated carbocycles. The van der Waals surface area contributed by atoms with Crippen molar-refractivity contribution in [2.24, 2.45) is 0 Å². The summed E-state index contributed by atoms with van der Waals surface area (Å²) < 4.78 is 56.9. The van der Waals surface area contributed by atoms with Crippen LogP contribution < -0.4 is 11.1 Å². The number of nitrogens with zero attached hydrogens (tertiary/aromatic N) is 4. The summed E-state index contributed by atoms with van der Waals surface area (Å²) in [5, 5.41) is 15.9. The summed E-state index contributed by atoms with van der Waals surface area (Å²) in [6.45, 7) is 0. The van der Waals surface area contributed by atoms with E-state index in [1.807, 2.05) is 5.32 Å². The maximum absolute atomic E-state index is 14.7. The number of fused-ring (bicyclic) bond motifs is 1. The Kier molecular flexibility index (Phi) is 4.99. The maximum Gasteiger partial charge on any atom is 0.257 e. The molecule has 158 valence electrons. The molecular weight excluding hydrogens is 420 g/mol. The Morgan fingerprint density at radius 3 is 2.45 bits per heavy atom. The fourth-order valence-electron chi connectivity index (χ4n) is 2.95. The fraction of sp³-hybridized carbons (Fsp3) is 0.0526. The smallest absolute Gasteiger partial charge is 0.257 e. The molecular formula is C19H12F4N6O2. The highest BCUT2D eigenvalue weighted by molar-refractivity contribution is 5.95. The minimum atomic E-state index is -2.03. The number of rotatable bonds is 4. The summed E-state index contributed by atoms with van der Waals surface area (Å²) in [6, 6.07) is 3.44. The number of anilines is 2. The van der Waals surface area contributed by atoms with Gasteiger partial charge in [0.25, 0.3) is 5.91 Å². The van der Waals surface area contributed by atoms with E-state index in [0.717, 1.165) is 22.9 Å². The number of aliphatic hydroxyl groups is 1. The molecule has 4 N–H and O–H groups in total. The van der Waals surface area contributed by atoms with Crippen LogP contribution in [0.4, 0.5) is 29.1 Å². The number of halogens is 4. The van der Waals surface area contributed by atoms with Crippen LogP contribution in [0.2, 0.25) is 0 Å². The van der Waals surface area contributed by atoms with Crippen molar-refractivity contribution in [3.8, 4) is 5.69 Å². The van der Waals surface area contributed by atoms with Crippen LogP contribution in [0.15, 0.2) is 42.9 Å².